The van der Waals surface area contributed by atoms with Crippen molar-refractivity contribution in [1.82, 2.24) is 9.80 Å². The summed E-state index contributed by atoms with van der Waals surface area (Å²) in [5, 5.41) is 0. The average molecular weight is 318 g/mol. The lowest BCUT2D eigenvalue weighted by Gasteiger charge is -2.24. The molecule has 1 aliphatic heterocycles. The molecule has 4 nitrogen and oxygen atoms in total. The highest BCUT2D eigenvalue weighted by Crippen LogP contribution is 2.27. The average Bonchev–Trinajstić information content (AvgIpc) is 2.99. The second-order valence-corrected chi connectivity index (χ2v) is 6.46. The van der Waals surface area contributed by atoms with Crippen LogP contribution in [0.25, 0.3) is 0 Å². The van der Waals surface area contributed by atoms with Crippen LogP contribution >= 0.6 is 0 Å². The molecular formula is C18H23FN2O2. The first-order chi connectivity index (χ1) is 11.1. The maximum atomic E-state index is 13.0. The van der Waals surface area contributed by atoms with E-state index >= 15 is 0 Å². The van der Waals surface area contributed by atoms with E-state index in [0.29, 0.717) is 25.2 Å². The van der Waals surface area contributed by atoms with E-state index in [-0.39, 0.29) is 23.5 Å². The molecule has 3 rings (SSSR count). The van der Waals surface area contributed by atoms with Crippen LogP contribution in [-0.2, 0) is 4.79 Å². The van der Waals surface area contributed by atoms with Crippen LogP contribution in [0.2, 0.25) is 0 Å². The SMILES string of the molecule is O=C(c1ccc(F)cc1)N1CCCN(C(=O)C2CCCC2)CC1. The van der Waals surface area contributed by atoms with Gasteiger partial charge in [-0.05, 0) is 43.5 Å². The van der Waals surface area contributed by atoms with Crippen LogP contribution in [-0.4, -0.2) is 47.8 Å². The van der Waals surface area contributed by atoms with Crippen molar-refractivity contribution in [3.8, 4) is 0 Å². The Bertz CT molecular complexity index is 567. The van der Waals surface area contributed by atoms with Crippen LogP contribution in [0.1, 0.15) is 42.5 Å². The molecule has 2 amide bonds. The largest absolute Gasteiger partial charge is 0.341 e. The number of amides is 2. The van der Waals surface area contributed by atoms with Crippen LogP contribution in [0.5, 0.6) is 0 Å². The topological polar surface area (TPSA) is 40.6 Å². The van der Waals surface area contributed by atoms with Gasteiger partial charge >= 0.3 is 0 Å². The molecule has 1 heterocycles. The summed E-state index contributed by atoms with van der Waals surface area (Å²) in [6, 6.07) is 5.65. The standard InChI is InChI=1S/C18H23FN2O2/c19-16-8-6-15(7-9-16)18(23)21-11-3-10-20(12-13-21)17(22)14-4-1-2-5-14/h6-9,14H,1-5,10-13H2. The molecular weight excluding hydrogens is 295 g/mol. The summed E-state index contributed by atoms with van der Waals surface area (Å²) in [4.78, 5) is 28.7. The van der Waals surface area contributed by atoms with Gasteiger partial charge in [0.05, 0.1) is 0 Å². The number of carbonyl (C=O) groups excluding carboxylic acids is 2. The van der Waals surface area contributed by atoms with Crippen LogP contribution in [0.4, 0.5) is 4.39 Å². The smallest absolute Gasteiger partial charge is 0.253 e. The third kappa shape index (κ3) is 3.71. The third-order valence-corrected chi connectivity index (χ3v) is 4.89. The Morgan fingerprint density at radius 2 is 1.48 bits per heavy atom. The fourth-order valence-electron chi connectivity index (χ4n) is 3.55. The van der Waals surface area contributed by atoms with Crippen molar-refractivity contribution in [2.24, 2.45) is 5.92 Å². The summed E-state index contributed by atoms with van der Waals surface area (Å²) in [7, 11) is 0. The van der Waals surface area contributed by atoms with Crippen molar-refractivity contribution in [2.75, 3.05) is 26.2 Å². The summed E-state index contributed by atoms with van der Waals surface area (Å²) < 4.78 is 13.0. The molecule has 1 saturated carbocycles. The zero-order valence-electron chi connectivity index (χ0n) is 13.3. The summed E-state index contributed by atoms with van der Waals surface area (Å²) in [5.74, 6) is 0.0267. The molecule has 0 radical (unpaired) electrons. The van der Waals surface area contributed by atoms with Crippen molar-refractivity contribution < 1.29 is 14.0 Å². The number of hydrogen-bond acceptors (Lipinski definition) is 2. The lowest BCUT2D eigenvalue weighted by molar-refractivity contribution is -0.135. The molecule has 1 aliphatic carbocycles. The summed E-state index contributed by atoms with van der Waals surface area (Å²) >= 11 is 0. The molecule has 0 atom stereocenters. The van der Waals surface area contributed by atoms with Gasteiger partial charge < -0.3 is 9.80 Å². The summed E-state index contributed by atoms with van der Waals surface area (Å²) in [5.41, 5.74) is 0.502. The fraction of sp³-hybridized carbons (Fsp3) is 0.556. The van der Waals surface area contributed by atoms with E-state index in [2.05, 4.69) is 0 Å². The van der Waals surface area contributed by atoms with Gasteiger partial charge in [-0.15, -0.1) is 0 Å². The van der Waals surface area contributed by atoms with Crippen LogP contribution in [0.3, 0.4) is 0 Å². The monoisotopic (exact) mass is 318 g/mol. The minimum absolute atomic E-state index is 0.0832. The molecule has 2 fully saturated rings. The number of nitrogens with zero attached hydrogens (tertiary/aromatic N) is 2. The highest BCUT2D eigenvalue weighted by Gasteiger charge is 2.29. The number of rotatable bonds is 2. The number of halogens is 1. The van der Waals surface area contributed by atoms with Gasteiger partial charge in [0.2, 0.25) is 5.91 Å². The van der Waals surface area contributed by atoms with Crippen molar-refractivity contribution >= 4 is 11.8 Å². The molecule has 0 bridgehead atoms. The van der Waals surface area contributed by atoms with E-state index in [4.69, 9.17) is 0 Å². The van der Waals surface area contributed by atoms with Crippen molar-refractivity contribution in [3.05, 3.63) is 35.6 Å². The van der Waals surface area contributed by atoms with Crippen molar-refractivity contribution in [1.29, 1.82) is 0 Å². The van der Waals surface area contributed by atoms with Crippen LogP contribution in [0, 0.1) is 11.7 Å². The van der Waals surface area contributed by atoms with Crippen molar-refractivity contribution in [3.63, 3.8) is 0 Å². The Morgan fingerprint density at radius 3 is 2.17 bits per heavy atom. The van der Waals surface area contributed by atoms with E-state index < -0.39 is 0 Å². The third-order valence-electron chi connectivity index (χ3n) is 4.89. The molecule has 0 aromatic heterocycles. The molecule has 124 valence electrons. The first-order valence-corrected chi connectivity index (χ1v) is 8.49. The first-order valence-electron chi connectivity index (χ1n) is 8.49. The van der Waals surface area contributed by atoms with Gasteiger partial charge in [-0.3, -0.25) is 9.59 Å². The van der Waals surface area contributed by atoms with Gasteiger partial charge in [0.25, 0.3) is 5.91 Å². The van der Waals surface area contributed by atoms with E-state index in [9.17, 15) is 14.0 Å². The molecule has 0 spiro atoms. The Hall–Kier alpha value is -1.91. The zero-order chi connectivity index (χ0) is 16.2. The Kier molecular flexibility index (Phi) is 4.94. The van der Waals surface area contributed by atoms with Crippen LogP contribution in [0.15, 0.2) is 24.3 Å². The number of carbonyl (C=O) groups is 2. The Balaban J connectivity index is 1.60. The van der Waals surface area contributed by atoms with Gasteiger partial charge in [-0.2, -0.15) is 0 Å². The molecule has 1 saturated heterocycles. The Labute approximate surface area is 136 Å². The van der Waals surface area contributed by atoms with Gasteiger partial charge in [-0.1, -0.05) is 12.8 Å². The summed E-state index contributed by atoms with van der Waals surface area (Å²) in [6.07, 6.45) is 5.12. The van der Waals surface area contributed by atoms with Crippen molar-refractivity contribution in [2.45, 2.75) is 32.1 Å². The quantitative estimate of drug-likeness (QED) is 0.841. The second kappa shape index (κ2) is 7.11. The highest BCUT2D eigenvalue weighted by molar-refractivity contribution is 5.94. The van der Waals surface area contributed by atoms with Crippen LogP contribution < -0.4 is 0 Å². The molecule has 0 N–H and O–H groups in total. The van der Waals surface area contributed by atoms with Gasteiger partial charge in [-0.25, -0.2) is 4.39 Å². The first kappa shape index (κ1) is 16.0. The molecule has 0 unspecified atom stereocenters. The highest BCUT2D eigenvalue weighted by atomic mass is 19.1. The van der Waals surface area contributed by atoms with E-state index in [1.54, 1.807) is 4.90 Å². The van der Waals surface area contributed by atoms with E-state index in [1.807, 2.05) is 4.90 Å². The van der Waals surface area contributed by atoms with E-state index in [0.717, 1.165) is 38.6 Å². The normalized spacial score (nSPS) is 19.7. The van der Waals surface area contributed by atoms with E-state index in [1.165, 1.54) is 24.3 Å². The maximum absolute atomic E-state index is 13.0. The predicted octanol–water partition coefficient (Wildman–Crippen LogP) is 2.69. The predicted molar refractivity (Wildman–Crippen MR) is 85.5 cm³/mol. The molecule has 5 heteroatoms. The molecule has 23 heavy (non-hydrogen) atoms. The van der Waals surface area contributed by atoms with Gasteiger partial charge in [0.15, 0.2) is 0 Å². The van der Waals surface area contributed by atoms with Gasteiger partial charge in [0, 0.05) is 37.7 Å². The molecule has 2 aliphatic rings. The molecule has 1 aromatic rings. The minimum atomic E-state index is -0.342. The minimum Gasteiger partial charge on any atom is -0.341 e. The second-order valence-electron chi connectivity index (χ2n) is 6.46. The fourth-order valence-corrected chi connectivity index (χ4v) is 3.55. The Morgan fingerprint density at radius 1 is 0.870 bits per heavy atom. The zero-order valence-corrected chi connectivity index (χ0v) is 13.3. The number of hydrogen-bond donors (Lipinski definition) is 0. The lowest BCUT2D eigenvalue weighted by atomic mass is 10.1. The summed E-state index contributed by atoms with van der Waals surface area (Å²) in [6.45, 7) is 2.52. The van der Waals surface area contributed by atoms with Gasteiger partial charge in [0.1, 0.15) is 5.82 Å². The maximum Gasteiger partial charge on any atom is 0.253 e. The number of benzene rings is 1. The lowest BCUT2D eigenvalue weighted by Crippen LogP contribution is -2.39. The molecule has 1 aromatic carbocycles.